The molecule has 0 bridgehead atoms. The second kappa shape index (κ2) is 6.43. The van der Waals surface area contributed by atoms with Crippen molar-refractivity contribution < 1.29 is 4.79 Å². The SMILES string of the molecule is Cn1cc([C@@H]2C[C@H]3CN(C4CCCC4)C(=O)[C@]34CCCN24)c(-c2ccccc2)n1. The van der Waals surface area contributed by atoms with Crippen LogP contribution in [0.4, 0.5) is 0 Å². The van der Waals surface area contributed by atoms with E-state index >= 15 is 0 Å². The smallest absolute Gasteiger partial charge is 0.243 e. The van der Waals surface area contributed by atoms with Crippen LogP contribution in [0.15, 0.2) is 36.5 Å². The molecular weight excluding hydrogens is 360 g/mol. The standard InChI is InChI=1S/C24H30N4O/c1-26-16-20(22(25-26)17-8-3-2-4-9-17)21-14-18-15-27(19-10-5-6-11-19)23(29)24(18)12-7-13-28(21)24/h2-4,8-9,16,18-19,21H,5-7,10-15H2,1H3/t18-,21-,24-/m0/s1. The molecule has 4 heterocycles. The number of rotatable bonds is 3. The van der Waals surface area contributed by atoms with E-state index in [0.717, 1.165) is 38.0 Å². The second-order valence-corrected chi connectivity index (χ2v) is 9.54. The Hall–Kier alpha value is -2.14. The van der Waals surface area contributed by atoms with Crippen LogP contribution >= 0.6 is 0 Å². The lowest BCUT2D eigenvalue weighted by atomic mass is 9.85. The maximum atomic E-state index is 13.8. The molecule has 3 saturated heterocycles. The first-order valence-corrected chi connectivity index (χ1v) is 11.4. The summed E-state index contributed by atoms with van der Waals surface area (Å²) in [6, 6.07) is 11.3. The van der Waals surface area contributed by atoms with Gasteiger partial charge in [0.2, 0.25) is 5.91 Å². The van der Waals surface area contributed by atoms with Crippen LogP contribution in [-0.2, 0) is 11.8 Å². The topological polar surface area (TPSA) is 41.4 Å². The van der Waals surface area contributed by atoms with E-state index in [1.54, 1.807) is 0 Å². The molecule has 1 aromatic carbocycles. The lowest BCUT2D eigenvalue weighted by Gasteiger charge is -2.35. The number of hydrogen-bond donors (Lipinski definition) is 0. The summed E-state index contributed by atoms with van der Waals surface area (Å²) in [7, 11) is 2.01. The largest absolute Gasteiger partial charge is 0.338 e. The van der Waals surface area contributed by atoms with Gasteiger partial charge in [0.05, 0.1) is 5.69 Å². The molecule has 0 N–H and O–H groups in total. The number of amides is 1. The summed E-state index contributed by atoms with van der Waals surface area (Å²) in [6.07, 6.45) is 10.4. The van der Waals surface area contributed by atoms with Crippen molar-refractivity contribution in [2.24, 2.45) is 13.0 Å². The van der Waals surface area contributed by atoms with E-state index in [2.05, 4.69) is 46.3 Å². The number of nitrogens with zero attached hydrogens (tertiary/aromatic N) is 4. The zero-order valence-corrected chi connectivity index (χ0v) is 17.3. The average Bonchev–Trinajstić information content (AvgIpc) is 3.52. The number of carbonyl (C=O) groups is 1. The zero-order valence-electron chi connectivity index (χ0n) is 17.3. The molecule has 1 amide bonds. The van der Waals surface area contributed by atoms with Crippen LogP contribution in [0.3, 0.4) is 0 Å². The van der Waals surface area contributed by atoms with Gasteiger partial charge < -0.3 is 4.90 Å². The van der Waals surface area contributed by atoms with E-state index in [1.165, 1.54) is 36.8 Å². The third-order valence-electron chi connectivity index (χ3n) is 8.11. The number of likely N-dealkylation sites (tertiary alicyclic amines) is 1. The van der Waals surface area contributed by atoms with Crippen molar-refractivity contribution in [3.05, 3.63) is 42.1 Å². The van der Waals surface area contributed by atoms with Gasteiger partial charge in [-0.3, -0.25) is 14.4 Å². The van der Waals surface area contributed by atoms with Gasteiger partial charge in [-0.2, -0.15) is 5.10 Å². The predicted molar refractivity (Wildman–Crippen MR) is 112 cm³/mol. The van der Waals surface area contributed by atoms with E-state index in [0.29, 0.717) is 23.9 Å². The van der Waals surface area contributed by atoms with Gasteiger partial charge in [0.15, 0.2) is 0 Å². The Kier molecular flexibility index (Phi) is 3.92. The molecular formula is C24H30N4O. The van der Waals surface area contributed by atoms with Gasteiger partial charge >= 0.3 is 0 Å². The van der Waals surface area contributed by atoms with E-state index in [-0.39, 0.29) is 5.54 Å². The number of benzene rings is 1. The van der Waals surface area contributed by atoms with Gasteiger partial charge in [-0.1, -0.05) is 43.2 Å². The highest BCUT2D eigenvalue weighted by atomic mass is 16.2. The number of aryl methyl sites for hydroxylation is 1. The van der Waals surface area contributed by atoms with Crippen molar-refractivity contribution in [2.45, 2.75) is 62.6 Å². The maximum absolute atomic E-state index is 13.8. The molecule has 3 aliphatic heterocycles. The Balaban J connectivity index is 1.37. The van der Waals surface area contributed by atoms with Gasteiger partial charge in [-0.15, -0.1) is 0 Å². The lowest BCUT2D eigenvalue weighted by molar-refractivity contribution is -0.138. The fraction of sp³-hybridized carbons (Fsp3) is 0.583. The van der Waals surface area contributed by atoms with Crippen LogP contribution in [0, 0.1) is 5.92 Å². The van der Waals surface area contributed by atoms with Crippen LogP contribution in [0.2, 0.25) is 0 Å². The Labute approximate surface area is 172 Å². The van der Waals surface area contributed by atoms with Crippen LogP contribution < -0.4 is 0 Å². The van der Waals surface area contributed by atoms with Crippen molar-refractivity contribution in [3.8, 4) is 11.3 Å². The van der Waals surface area contributed by atoms with Crippen molar-refractivity contribution >= 4 is 5.91 Å². The quantitative estimate of drug-likeness (QED) is 0.801. The van der Waals surface area contributed by atoms with Gasteiger partial charge in [-0.05, 0) is 38.6 Å². The van der Waals surface area contributed by atoms with E-state index in [1.807, 2.05) is 11.7 Å². The lowest BCUT2D eigenvalue weighted by Crippen LogP contribution is -2.51. The number of aromatic nitrogens is 2. The first kappa shape index (κ1) is 17.7. The minimum Gasteiger partial charge on any atom is -0.338 e. The molecule has 152 valence electrons. The molecule has 4 aliphatic rings. The Morgan fingerprint density at radius 1 is 1.10 bits per heavy atom. The van der Waals surface area contributed by atoms with Gasteiger partial charge in [0.25, 0.3) is 0 Å². The van der Waals surface area contributed by atoms with Gasteiger partial charge in [-0.25, -0.2) is 0 Å². The number of carbonyl (C=O) groups excluding carboxylic acids is 1. The highest BCUT2D eigenvalue weighted by Gasteiger charge is 2.66. The number of hydrogen-bond acceptors (Lipinski definition) is 3. The molecule has 1 spiro atoms. The first-order chi connectivity index (χ1) is 14.2. The van der Waals surface area contributed by atoms with E-state index in [9.17, 15) is 4.79 Å². The minimum atomic E-state index is -0.239. The van der Waals surface area contributed by atoms with Gasteiger partial charge in [0, 0.05) is 48.9 Å². The van der Waals surface area contributed by atoms with Crippen molar-refractivity contribution in [2.75, 3.05) is 13.1 Å². The predicted octanol–water partition coefficient (Wildman–Crippen LogP) is 3.77. The molecule has 5 nitrogen and oxygen atoms in total. The molecule has 1 aromatic heterocycles. The van der Waals surface area contributed by atoms with Crippen LogP contribution in [-0.4, -0.2) is 50.2 Å². The molecule has 3 atom stereocenters. The third-order valence-corrected chi connectivity index (χ3v) is 8.11. The van der Waals surface area contributed by atoms with Crippen LogP contribution in [0.5, 0.6) is 0 Å². The summed E-state index contributed by atoms with van der Waals surface area (Å²) in [5.74, 6) is 0.909. The maximum Gasteiger partial charge on any atom is 0.243 e. The molecule has 1 saturated carbocycles. The Bertz CT molecular complexity index is 932. The third kappa shape index (κ3) is 2.43. The van der Waals surface area contributed by atoms with Crippen molar-refractivity contribution in [3.63, 3.8) is 0 Å². The van der Waals surface area contributed by atoms with Crippen LogP contribution in [0.1, 0.15) is 56.6 Å². The molecule has 0 radical (unpaired) electrons. The minimum absolute atomic E-state index is 0.239. The fourth-order valence-electron chi connectivity index (χ4n) is 6.92. The van der Waals surface area contributed by atoms with Gasteiger partial charge in [0.1, 0.15) is 5.54 Å². The zero-order chi connectivity index (χ0) is 19.6. The summed E-state index contributed by atoms with van der Waals surface area (Å²) >= 11 is 0. The summed E-state index contributed by atoms with van der Waals surface area (Å²) in [6.45, 7) is 2.01. The Morgan fingerprint density at radius 2 is 1.90 bits per heavy atom. The molecule has 29 heavy (non-hydrogen) atoms. The highest BCUT2D eigenvalue weighted by Crippen LogP contribution is 2.57. The Morgan fingerprint density at radius 3 is 2.69 bits per heavy atom. The monoisotopic (exact) mass is 390 g/mol. The summed E-state index contributed by atoms with van der Waals surface area (Å²) in [4.78, 5) is 18.6. The normalized spacial score (nSPS) is 32.3. The average molecular weight is 391 g/mol. The first-order valence-electron chi connectivity index (χ1n) is 11.4. The molecule has 1 aliphatic carbocycles. The molecule has 4 fully saturated rings. The molecule has 2 aromatic rings. The van der Waals surface area contributed by atoms with Crippen molar-refractivity contribution in [1.82, 2.24) is 19.6 Å². The molecule has 0 unspecified atom stereocenters. The molecule has 6 rings (SSSR count). The van der Waals surface area contributed by atoms with E-state index < -0.39 is 0 Å². The molecule has 5 heteroatoms. The second-order valence-electron chi connectivity index (χ2n) is 9.54. The summed E-state index contributed by atoms with van der Waals surface area (Å²) in [5, 5.41) is 4.82. The van der Waals surface area contributed by atoms with E-state index in [4.69, 9.17) is 5.10 Å². The fourth-order valence-corrected chi connectivity index (χ4v) is 6.92. The summed E-state index contributed by atoms with van der Waals surface area (Å²) in [5.41, 5.74) is 3.32. The van der Waals surface area contributed by atoms with Crippen molar-refractivity contribution in [1.29, 1.82) is 0 Å². The highest BCUT2D eigenvalue weighted by molar-refractivity contribution is 5.90. The summed E-state index contributed by atoms with van der Waals surface area (Å²) < 4.78 is 1.95. The van der Waals surface area contributed by atoms with Crippen LogP contribution in [0.25, 0.3) is 11.3 Å².